The molecule has 2 rings (SSSR count). The zero-order valence-corrected chi connectivity index (χ0v) is 6.20. The summed E-state index contributed by atoms with van der Waals surface area (Å²) in [6.07, 6.45) is 4.56. The van der Waals surface area contributed by atoms with Crippen LogP contribution in [-0.2, 0) is 0 Å². The van der Waals surface area contributed by atoms with Crippen molar-refractivity contribution < 1.29 is 0 Å². The fourth-order valence-corrected chi connectivity index (χ4v) is 1.04. The Hall–Kier alpha value is -1.32. The maximum atomic E-state index is 5.39. The summed E-state index contributed by atoms with van der Waals surface area (Å²) in [5.74, 6) is 1.42. The molecule has 0 radical (unpaired) electrons. The van der Waals surface area contributed by atoms with Gasteiger partial charge >= 0.3 is 0 Å². The smallest absolute Gasteiger partial charge is 0.147 e. The Kier molecular flexibility index (Phi) is 1.38. The molecular formula is C7H10N4. The first kappa shape index (κ1) is 6.39. The van der Waals surface area contributed by atoms with Gasteiger partial charge in [0.2, 0.25) is 0 Å². The molecule has 2 N–H and O–H groups in total. The highest BCUT2D eigenvalue weighted by Crippen LogP contribution is 2.16. The fourth-order valence-electron chi connectivity index (χ4n) is 1.04. The summed E-state index contributed by atoms with van der Waals surface area (Å²) in [4.78, 5) is 10.3. The molecule has 1 aliphatic heterocycles. The minimum Gasteiger partial charge on any atom is -0.382 e. The van der Waals surface area contributed by atoms with Crippen LogP contribution < -0.4 is 10.6 Å². The molecule has 11 heavy (non-hydrogen) atoms. The summed E-state index contributed by atoms with van der Waals surface area (Å²) < 4.78 is 0. The van der Waals surface area contributed by atoms with E-state index in [2.05, 4.69) is 14.9 Å². The molecule has 0 amide bonds. The zero-order valence-electron chi connectivity index (χ0n) is 6.20. The minimum atomic E-state index is 0.481. The van der Waals surface area contributed by atoms with Gasteiger partial charge in [-0.05, 0) is 6.42 Å². The van der Waals surface area contributed by atoms with Gasteiger partial charge in [0, 0.05) is 13.1 Å². The van der Waals surface area contributed by atoms with E-state index in [1.807, 2.05) is 0 Å². The van der Waals surface area contributed by atoms with Crippen molar-refractivity contribution in [1.82, 2.24) is 9.97 Å². The number of aromatic nitrogens is 2. The van der Waals surface area contributed by atoms with Crippen LogP contribution in [0.15, 0.2) is 12.4 Å². The van der Waals surface area contributed by atoms with Gasteiger partial charge in [0.25, 0.3) is 0 Å². The third-order valence-corrected chi connectivity index (χ3v) is 1.84. The molecule has 0 saturated carbocycles. The normalized spacial score (nSPS) is 16.2. The minimum absolute atomic E-state index is 0.481. The molecule has 1 aliphatic rings. The lowest BCUT2D eigenvalue weighted by molar-refractivity contribution is 0.608. The molecule has 0 unspecified atom stereocenters. The molecule has 1 aromatic rings. The van der Waals surface area contributed by atoms with E-state index in [1.54, 1.807) is 12.4 Å². The van der Waals surface area contributed by atoms with Crippen LogP contribution >= 0.6 is 0 Å². The van der Waals surface area contributed by atoms with Gasteiger partial charge in [-0.25, -0.2) is 9.97 Å². The lowest BCUT2D eigenvalue weighted by Gasteiger charge is -2.31. The Morgan fingerprint density at radius 3 is 2.55 bits per heavy atom. The highest BCUT2D eigenvalue weighted by atomic mass is 15.2. The largest absolute Gasteiger partial charge is 0.382 e. The SMILES string of the molecule is Nc1cnc(N2CCC2)cn1. The van der Waals surface area contributed by atoms with Crippen molar-refractivity contribution in [2.75, 3.05) is 23.7 Å². The number of hydrogen-bond acceptors (Lipinski definition) is 4. The molecule has 58 valence electrons. The van der Waals surface area contributed by atoms with Crippen LogP contribution in [0.4, 0.5) is 11.6 Å². The second-order valence-corrected chi connectivity index (χ2v) is 2.64. The van der Waals surface area contributed by atoms with Crippen molar-refractivity contribution in [2.24, 2.45) is 0 Å². The van der Waals surface area contributed by atoms with Gasteiger partial charge in [0.1, 0.15) is 11.6 Å². The Labute approximate surface area is 65.1 Å². The average Bonchev–Trinajstić information content (AvgIpc) is 1.90. The Balaban J connectivity index is 2.18. The molecule has 0 atom stereocenters. The second-order valence-electron chi connectivity index (χ2n) is 2.64. The van der Waals surface area contributed by atoms with Gasteiger partial charge in [0.15, 0.2) is 0 Å². The van der Waals surface area contributed by atoms with Crippen LogP contribution in [0, 0.1) is 0 Å². The molecular weight excluding hydrogens is 140 g/mol. The summed E-state index contributed by atoms with van der Waals surface area (Å²) in [7, 11) is 0. The van der Waals surface area contributed by atoms with E-state index >= 15 is 0 Å². The second kappa shape index (κ2) is 2.38. The Morgan fingerprint density at radius 2 is 2.09 bits per heavy atom. The Bertz CT molecular complexity index is 239. The van der Waals surface area contributed by atoms with Gasteiger partial charge in [-0.2, -0.15) is 0 Å². The summed E-state index contributed by atoms with van der Waals surface area (Å²) >= 11 is 0. The van der Waals surface area contributed by atoms with Crippen molar-refractivity contribution in [2.45, 2.75) is 6.42 Å². The molecule has 4 heteroatoms. The Morgan fingerprint density at radius 1 is 1.27 bits per heavy atom. The van der Waals surface area contributed by atoms with E-state index in [4.69, 9.17) is 5.73 Å². The van der Waals surface area contributed by atoms with Crippen LogP contribution in [-0.4, -0.2) is 23.1 Å². The van der Waals surface area contributed by atoms with Crippen molar-refractivity contribution >= 4 is 11.6 Å². The quantitative estimate of drug-likeness (QED) is 0.624. The van der Waals surface area contributed by atoms with Crippen molar-refractivity contribution in [3.63, 3.8) is 0 Å². The third-order valence-electron chi connectivity index (χ3n) is 1.84. The molecule has 0 aliphatic carbocycles. The topological polar surface area (TPSA) is 55.0 Å². The molecule has 2 heterocycles. The highest BCUT2D eigenvalue weighted by Gasteiger charge is 2.15. The summed E-state index contributed by atoms with van der Waals surface area (Å²) in [5, 5.41) is 0. The van der Waals surface area contributed by atoms with Crippen LogP contribution in [0.1, 0.15) is 6.42 Å². The first-order chi connectivity index (χ1) is 5.36. The number of nitrogen functional groups attached to an aromatic ring is 1. The predicted octanol–water partition coefficient (Wildman–Crippen LogP) is 0.269. The number of rotatable bonds is 1. The van der Waals surface area contributed by atoms with Crippen LogP contribution in [0.3, 0.4) is 0 Å². The predicted molar refractivity (Wildman–Crippen MR) is 43.3 cm³/mol. The van der Waals surface area contributed by atoms with Gasteiger partial charge in [-0.1, -0.05) is 0 Å². The summed E-state index contributed by atoms with van der Waals surface area (Å²) in [6.45, 7) is 2.19. The van der Waals surface area contributed by atoms with Crippen LogP contribution in [0.2, 0.25) is 0 Å². The third kappa shape index (κ3) is 1.11. The maximum absolute atomic E-state index is 5.39. The van der Waals surface area contributed by atoms with E-state index in [9.17, 15) is 0 Å². The first-order valence-corrected chi connectivity index (χ1v) is 3.69. The molecule has 4 nitrogen and oxygen atoms in total. The molecule has 1 fully saturated rings. The van der Waals surface area contributed by atoms with E-state index in [-0.39, 0.29) is 0 Å². The molecule has 1 saturated heterocycles. The van der Waals surface area contributed by atoms with Gasteiger partial charge in [0.05, 0.1) is 12.4 Å². The van der Waals surface area contributed by atoms with Crippen LogP contribution in [0.5, 0.6) is 0 Å². The molecule has 1 aromatic heterocycles. The lowest BCUT2D eigenvalue weighted by Crippen LogP contribution is -2.37. The van der Waals surface area contributed by atoms with Crippen molar-refractivity contribution in [3.05, 3.63) is 12.4 Å². The number of nitrogens with zero attached hydrogens (tertiary/aromatic N) is 3. The number of anilines is 2. The van der Waals surface area contributed by atoms with E-state index in [1.165, 1.54) is 6.42 Å². The lowest BCUT2D eigenvalue weighted by atomic mass is 10.2. The van der Waals surface area contributed by atoms with Gasteiger partial charge in [-0.15, -0.1) is 0 Å². The van der Waals surface area contributed by atoms with E-state index in [0.717, 1.165) is 18.9 Å². The van der Waals surface area contributed by atoms with Gasteiger partial charge < -0.3 is 10.6 Å². The molecule has 0 aromatic carbocycles. The van der Waals surface area contributed by atoms with Crippen molar-refractivity contribution in [1.29, 1.82) is 0 Å². The monoisotopic (exact) mass is 150 g/mol. The maximum Gasteiger partial charge on any atom is 0.147 e. The van der Waals surface area contributed by atoms with E-state index < -0.39 is 0 Å². The summed E-state index contributed by atoms with van der Waals surface area (Å²) in [5.41, 5.74) is 5.39. The van der Waals surface area contributed by atoms with Crippen molar-refractivity contribution in [3.8, 4) is 0 Å². The van der Waals surface area contributed by atoms with Crippen LogP contribution in [0.25, 0.3) is 0 Å². The summed E-state index contributed by atoms with van der Waals surface area (Å²) in [6, 6.07) is 0. The zero-order chi connectivity index (χ0) is 7.68. The molecule has 0 bridgehead atoms. The fraction of sp³-hybridized carbons (Fsp3) is 0.429. The van der Waals surface area contributed by atoms with E-state index in [0.29, 0.717) is 5.82 Å². The number of hydrogen-bond donors (Lipinski definition) is 1. The number of nitrogens with two attached hydrogens (primary N) is 1. The highest BCUT2D eigenvalue weighted by molar-refractivity contribution is 5.41. The average molecular weight is 150 g/mol. The standard InChI is InChI=1S/C7H10N4/c8-6-4-10-7(5-9-6)11-2-1-3-11/h4-5H,1-3H2,(H2,8,9). The molecule has 0 spiro atoms. The van der Waals surface area contributed by atoms with Gasteiger partial charge in [-0.3, -0.25) is 0 Å². The first-order valence-electron chi connectivity index (χ1n) is 3.69.